The number of fused-ring (bicyclic) bond motifs is 1. The molecule has 0 N–H and O–H groups in total. The van der Waals surface area contributed by atoms with E-state index in [0.717, 1.165) is 18.4 Å². The number of hydrogen-bond acceptors (Lipinski definition) is 2. The normalized spacial score (nSPS) is 31.8. The van der Waals surface area contributed by atoms with E-state index >= 15 is 0 Å². The quantitative estimate of drug-likeness (QED) is 0.781. The summed E-state index contributed by atoms with van der Waals surface area (Å²) in [4.78, 5) is 0. The SMILES string of the molecule is C[C@@H]1C=C[C@H]2[C@H](CCN(Cc3ccc(Cl)cc3)S2(=O)=O)C1. The Balaban J connectivity index is 1.81. The maximum atomic E-state index is 12.8. The first-order chi connectivity index (χ1) is 9.96. The smallest absolute Gasteiger partial charge is 0.212 e. The summed E-state index contributed by atoms with van der Waals surface area (Å²) >= 11 is 5.87. The van der Waals surface area contributed by atoms with Gasteiger partial charge in [0.15, 0.2) is 0 Å². The third-order valence-electron chi connectivity index (χ3n) is 4.49. The molecular formula is C16H20ClNO2S. The van der Waals surface area contributed by atoms with Gasteiger partial charge in [0.1, 0.15) is 0 Å². The van der Waals surface area contributed by atoms with Crippen molar-refractivity contribution in [2.75, 3.05) is 6.54 Å². The van der Waals surface area contributed by atoms with Crippen LogP contribution in [0.3, 0.4) is 0 Å². The zero-order chi connectivity index (χ0) is 15.0. The van der Waals surface area contributed by atoms with Gasteiger partial charge in [-0.25, -0.2) is 8.42 Å². The van der Waals surface area contributed by atoms with Crippen LogP contribution in [-0.2, 0) is 16.6 Å². The van der Waals surface area contributed by atoms with Crippen LogP contribution < -0.4 is 0 Å². The van der Waals surface area contributed by atoms with Gasteiger partial charge in [-0.15, -0.1) is 0 Å². The van der Waals surface area contributed by atoms with Gasteiger partial charge in [-0.3, -0.25) is 0 Å². The van der Waals surface area contributed by atoms with Crippen LogP contribution in [0, 0.1) is 11.8 Å². The van der Waals surface area contributed by atoms with Gasteiger partial charge in [-0.2, -0.15) is 4.31 Å². The molecular weight excluding hydrogens is 306 g/mol. The van der Waals surface area contributed by atoms with E-state index in [4.69, 9.17) is 11.6 Å². The molecule has 0 saturated carbocycles. The Morgan fingerprint density at radius 3 is 2.67 bits per heavy atom. The highest BCUT2D eigenvalue weighted by Crippen LogP contribution is 2.36. The molecule has 114 valence electrons. The van der Waals surface area contributed by atoms with Crippen molar-refractivity contribution in [1.29, 1.82) is 0 Å². The molecule has 1 heterocycles. The number of hydrogen-bond donors (Lipinski definition) is 0. The average molecular weight is 326 g/mol. The van der Waals surface area contributed by atoms with E-state index in [1.54, 1.807) is 16.4 Å². The number of nitrogens with zero attached hydrogens (tertiary/aromatic N) is 1. The van der Waals surface area contributed by atoms with Crippen molar-refractivity contribution in [3.05, 3.63) is 47.0 Å². The topological polar surface area (TPSA) is 37.4 Å². The highest BCUT2D eigenvalue weighted by molar-refractivity contribution is 7.89. The fraction of sp³-hybridized carbons (Fsp3) is 0.500. The number of allylic oxidation sites excluding steroid dienone is 1. The molecule has 0 amide bonds. The van der Waals surface area contributed by atoms with Crippen LogP contribution in [0.2, 0.25) is 5.02 Å². The Morgan fingerprint density at radius 1 is 1.24 bits per heavy atom. The van der Waals surface area contributed by atoms with Crippen LogP contribution in [0.4, 0.5) is 0 Å². The molecule has 0 bridgehead atoms. The van der Waals surface area contributed by atoms with Gasteiger partial charge in [0.2, 0.25) is 10.0 Å². The van der Waals surface area contributed by atoms with E-state index in [1.807, 2.05) is 24.3 Å². The summed E-state index contributed by atoms with van der Waals surface area (Å²) in [5.74, 6) is 0.765. The van der Waals surface area contributed by atoms with Crippen molar-refractivity contribution in [3.8, 4) is 0 Å². The zero-order valence-electron chi connectivity index (χ0n) is 12.1. The van der Waals surface area contributed by atoms with E-state index < -0.39 is 10.0 Å². The molecule has 1 aliphatic heterocycles. The van der Waals surface area contributed by atoms with Crippen molar-refractivity contribution in [2.24, 2.45) is 11.8 Å². The standard InChI is InChI=1S/C16H20ClNO2S/c1-12-2-7-16-14(10-12)8-9-18(21(16,19)20)11-13-3-5-15(17)6-4-13/h2-7,12,14,16H,8-11H2,1H3/t12-,14-,16+/m1/s1. The Bertz CT molecular complexity index is 639. The largest absolute Gasteiger partial charge is 0.221 e. The van der Waals surface area contributed by atoms with Crippen molar-refractivity contribution in [2.45, 2.75) is 31.6 Å². The summed E-state index contributed by atoms with van der Waals surface area (Å²) in [6.07, 6.45) is 5.88. The van der Waals surface area contributed by atoms with Crippen molar-refractivity contribution >= 4 is 21.6 Å². The summed E-state index contributed by atoms with van der Waals surface area (Å²) < 4.78 is 27.2. The molecule has 0 spiro atoms. The van der Waals surface area contributed by atoms with Gasteiger partial charge < -0.3 is 0 Å². The lowest BCUT2D eigenvalue weighted by Gasteiger charge is -2.39. The molecule has 3 rings (SSSR count). The van der Waals surface area contributed by atoms with Gasteiger partial charge in [-0.05, 0) is 42.4 Å². The van der Waals surface area contributed by atoms with Gasteiger partial charge >= 0.3 is 0 Å². The Labute approximate surface area is 131 Å². The molecule has 1 saturated heterocycles. The first kappa shape index (κ1) is 15.1. The highest BCUT2D eigenvalue weighted by Gasteiger charge is 2.42. The fourth-order valence-electron chi connectivity index (χ4n) is 3.34. The summed E-state index contributed by atoms with van der Waals surface area (Å²) in [6.45, 7) is 3.21. The Kier molecular flexibility index (Phi) is 4.12. The predicted molar refractivity (Wildman–Crippen MR) is 85.6 cm³/mol. The monoisotopic (exact) mass is 325 g/mol. The summed E-state index contributed by atoms with van der Waals surface area (Å²) in [5.41, 5.74) is 0.981. The van der Waals surface area contributed by atoms with Crippen molar-refractivity contribution < 1.29 is 8.42 Å². The molecule has 1 fully saturated rings. The average Bonchev–Trinajstić information content (AvgIpc) is 2.44. The number of rotatable bonds is 2. The van der Waals surface area contributed by atoms with E-state index in [1.165, 1.54) is 0 Å². The van der Waals surface area contributed by atoms with Crippen molar-refractivity contribution in [3.63, 3.8) is 0 Å². The van der Waals surface area contributed by atoms with Crippen LogP contribution in [0.15, 0.2) is 36.4 Å². The number of sulfonamides is 1. The number of benzene rings is 1. The van der Waals surface area contributed by atoms with Gasteiger partial charge in [0, 0.05) is 18.1 Å². The van der Waals surface area contributed by atoms with Crippen molar-refractivity contribution in [1.82, 2.24) is 4.31 Å². The van der Waals surface area contributed by atoms with Gasteiger partial charge in [-0.1, -0.05) is 42.8 Å². The second kappa shape index (κ2) is 5.75. The molecule has 3 atom stereocenters. The second-order valence-electron chi connectivity index (χ2n) is 6.12. The fourth-order valence-corrected chi connectivity index (χ4v) is 5.52. The summed E-state index contributed by atoms with van der Waals surface area (Å²) in [6, 6.07) is 7.39. The van der Waals surface area contributed by atoms with Crippen LogP contribution in [-0.4, -0.2) is 24.5 Å². The zero-order valence-corrected chi connectivity index (χ0v) is 13.6. The molecule has 2 aliphatic rings. The summed E-state index contributed by atoms with van der Waals surface area (Å²) in [7, 11) is -3.24. The maximum Gasteiger partial charge on any atom is 0.221 e. The molecule has 0 unspecified atom stereocenters. The molecule has 0 aromatic heterocycles. The minimum absolute atomic E-state index is 0.275. The second-order valence-corrected chi connectivity index (χ2v) is 8.64. The van der Waals surface area contributed by atoms with Gasteiger partial charge in [0.05, 0.1) is 5.25 Å². The molecule has 1 aliphatic carbocycles. The molecule has 21 heavy (non-hydrogen) atoms. The molecule has 5 heteroatoms. The molecule has 1 aromatic rings. The van der Waals surface area contributed by atoms with E-state index in [9.17, 15) is 8.42 Å². The van der Waals surface area contributed by atoms with E-state index in [0.29, 0.717) is 24.0 Å². The Hall–Kier alpha value is -0.840. The van der Waals surface area contributed by atoms with E-state index in [-0.39, 0.29) is 11.2 Å². The third kappa shape index (κ3) is 3.03. The molecule has 0 radical (unpaired) electrons. The predicted octanol–water partition coefficient (Wildman–Crippen LogP) is 3.46. The molecule has 3 nitrogen and oxygen atoms in total. The first-order valence-electron chi connectivity index (χ1n) is 7.38. The Morgan fingerprint density at radius 2 is 1.95 bits per heavy atom. The lowest BCUT2D eigenvalue weighted by atomic mass is 9.85. The number of halogens is 1. The van der Waals surface area contributed by atoms with Crippen LogP contribution >= 0.6 is 11.6 Å². The minimum Gasteiger partial charge on any atom is -0.212 e. The van der Waals surface area contributed by atoms with Crippen LogP contribution in [0.5, 0.6) is 0 Å². The van der Waals surface area contributed by atoms with E-state index in [2.05, 4.69) is 6.92 Å². The third-order valence-corrected chi connectivity index (χ3v) is 7.01. The van der Waals surface area contributed by atoms with Crippen LogP contribution in [0.1, 0.15) is 25.3 Å². The lowest BCUT2D eigenvalue weighted by molar-refractivity contribution is 0.286. The highest BCUT2D eigenvalue weighted by atomic mass is 35.5. The summed E-state index contributed by atoms with van der Waals surface area (Å²) in [5, 5.41) is 0.333. The minimum atomic E-state index is -3.24. The maximum absolute atomic E-state index is 12.8. The lowest BCUT2D eigenvalue weighted by Crippen LogP contribution is -2.48. The first-order valence-corrected chi connectivity index (χ1v) is 9.26. The van der Waals surface area contributed by atoms with Crippen LogP contribution in [0.25, 0.3) is 0 Å². The van der Waals surface area contributed by atoms with Gasteiger partial charge in [0.25, 0.3) is 0 Å². The molecule has 1 aromatic carbocycles.